The summed E-state index contributed by atoms with van der Waals surface area (Å²) in [6.07, 6.45) is -0.466. The lowest BCUT2D eigenvalue weighted by molar-refractivity contribution is -0.144. The van der Waals surface area contributed by atoms with Gasteiger partial charge in [-0.25, -0.2) is 4.79 Å². The van der Waals surface area contributed by atoms with Crippen LogP contribution in [-0.4, -0.2) is 30.1 Å². The number of nitrogens with one attached hydrogen (secondary N) is 1. The van der Waals surface area contributed by atoms with E-state index in [0.29, 0.717) is 12.0 Å². The summed E-state index contributed by atoms with van der Waals surface area (Å²) in [5, 5.41) is 11.3. The van der Waals surface area contributed by atoms with Crippen molar-refractivity contribution in [2.75, 3.05) is 7.11 Å². The summed E-state index contributed by atoms with van der Waals surface area (Å²) < 4.78 is 5.12. The van der Waals surface area contributed by atoms with Crippen LogP contribution in [-0.2, 0) is 14.3 Å². The fraction of sp³-hybridized carbons (Fsp3) is 0.385. The normalized spacial score (nSPS) is 13.7. The van der Waals surface area contributed by atoms with E-state index in [1.165, 1.54) is 7.11 Å². The topological polar surface area (TPSA) is 75.6 Å². The second-order valence-corrected chi connectivity index (χ2v) is 3.83. The molecule has 0 aromatic heterocycles. The van der Waals surface area contributed by atoms with Gasteiger partial charge < -0.3 is 15.2 Å². The summed E-state index contributed by atoms with van der Waals surface area (Å²) >= 11 is 0. The molecular formula is C13H17NO4. The minimum Gasteiger partial charge on any atom is -0.480 e. The van der Waals surface area contributed by atoms with Crippen molar-refractivity contribution in [1.29, 1.82) is 0 Å². The summed E-state index contributed by atoms with van der Waals surface area (Å²) in [5.74, 6) is -1.49. The number of amides is 1. The van der Waals surface area contributed by atoms with Crippen molar-refractivity contribution in [1.82, 2.24) is 5.32 Å². The number of carboxylic acids is 1. The molecule has 5 nitrogen and oxygen atoms in total. The minimum atomic E-state index is -1.05. The smallest absolute Gasteiger partial charge is 0.326 e. The molecule has 0 fully saturated rings. The van der Waals surface area contributed by atoms with E-state index in [9.17, 15) is 9.59 Å². The molecule has 0 bridgehead atoms. The van der Waals surface area contributed by atoms with Gasteiger partial charge in [-0.2, -0.15) is 0 Å². The first-order valence-corrected chi connectivity index (χ1v) is 5.71. The second-order valence-electron chi connectivity index (χ2n) is 3.83. The van der Waals surface area contributed by atoms with E-state index in [2.05, 4.69) is 5.32 Å². The number of hydrogen-bond acceptors (Lipinski definition) is 3. The quantitative estimate of drug-likeness (QED) is 0.800. The van der Waals surface area contributed by atoms with Crippen molar-refractivity contribution in [2.24, 2.45) is 0 Å². The maximum absolute atomic E-state index is 11.9. The Hall–Kier alpha value is -1.88. The SMILES string of the molecule is CCC(NC(=O)C(OC)c1ccccc1)C(=O)O. The molecule has 2 unspecified atom stereocenters. The summed E-state index contributed by atoms with van der Waals surface area (Å²) in [7, 11) is 1.42. The van der Waals surface area contributed by atoms with E-state index in [4.69, 9.17) is 9.84 Å². The molecular weight excluding hydrogens is 234 g/mol. The van der Waals surface area contributed by atoms with Gasteiger partial charge in [0.25, 0.3) is 5.91 Å². The van der Waals surface area contributed by atoms with Crippen LogP contribution in [0, 0.1) is 0 Å². The highest BCUT2D eigenvalue weighted by molar-refractivity contribution is 5.87. The Labute approximate surface area is 106 Å². The van der Waals surface area contributed by atoms with Gasteiger partial charge in [-0.1, -0.05) is 37.3 Å². The van der Waals surface area contributed by atoms with E-state index >= 15 is 0 Å². The van der Waals surface area contributed by atoms with Crippen molar-refractivity contribution in [2.45, 2.75) is 25.5 Å². The van der Waals surface area contributed by atoms with Crippen LogP contribution in [0.15, 0.2) is 30.3 Å². The van der Waals surface area contributed by atoms with Gasteiger partial charge in [-0.3, -0.25) is 4.79 Å². The Balaban J connectivity index is 2.78. The average molecular weight is 251 g/mol. The molecule has 1 rings (SSSR count). The second kappa shape index (κ2) is 6.76. The number of carboxylic acid groups (broad SMARTS) is 1. The van der Waals surface area contributed by atoms with Gasteiger partial charge in [0, 0.05) is 7.11 Å². The van der Waals surface area contributed by atoms with E-state index in [0.717, 1.165) is 0 Å². The van der Waals surface area contributed by atoms with Gasteiger partial charge in [0.1, 0.15) is 6.04 Å². The molecule has 0 aliphatic rings. The van der Waals surface area contributed by atoms with E-state index in [1.54, 1.807) is 31.2 Å². The number of aliphatic carboxylic acids is 1. The van der Waals surface area contributed by atoms with Gasteiger partial charge in [0.15, 0.2) is 6.10 Å². The lowest BCUT2D eigenvalue weighted by atomic mass is 10.1. The van der Waals surface area contributed by atoms with E-state index in [-0.39, 0.29) is 0 Å². The summed E-state index contributed by atoms with van der Waals surface area (Å²) in [6.45, 7) is 1.70. The van der Waals surface area contributed by atoms with Crippen LogP contribution in [0.25, 0.3) is 0 Å². The Morgan fingerprint density at radius 2 is 1.94 bits per heavy atom. The van der Waals surface area contributed by atoms with Gasteiger partial charge in [-0.05, 0) is 12.0 Å². The first kappa shape index (κ1) is 14.2. The van der Waals surface area contributed by atoms with Gasteiger partial charge in [0.2, 0.25) is 0 Å². The third-order valence-corrected chi connectivity index (χ3v) is 2.60. The molecule has 18 heavy (non-hydrogen) atoms. The maximum Gasteiger partial charge on any atom is 0.326 e. The Morgan fingerprint density at radius 3 is 2.39 bits per heavy atom. The molecule has 0 aliphatic heterocycles. The highest BCUT2D eigenvalue weighted by atomic mass is 16.5. The summed E-state index contributed by atoms with van der Waals surface area (Å²) in [4.78, 5) is 22.8. The Bertz CT molecular complexity index is 405. The fourth-order valence-electron chi connectivity index (χ4n) is 1.61. The predicted molar refractivity (Wildman–Crippen MR) is 66.0 cm³/mol. The molecule has 1 aromatic rings. The highest BCUT2D eigenvalue weighted by Crippen LogP contribution is 2.16. The van der Waals surface area contributed by atoms with Crippen LogP contribution >= 0.6 is 0 Å². The van der Waals surface area contributed by atoms with Gasteiger partial charge >= 0.3 is 5.97 Å². The zero-order valence-electron chi connectivity index (χ0n) is 10.4. The van der Waals surface area contributed by atoms with Crippen LogP contribution in [0.4, 0.5) is 0 Å². The first-order chi connectivity index (χ1) is 8.60. The summed E-state index contributed by atoms with van der Waals surface area (Å²) in [6, 6.07) is 8.05. The third-order valence-electron chi connectivity index (χ3n) is 2.60. The van der Waals surface area contributed by atoms with E-state index < -0.39 is 24.0 Å². The molecule has 2 atom stereocenters. The molecule has 5 heteroatoms. The molecule has 0 saturated carbocycles. The van der Waals surface area contributed by atoms with Gasteiger partial charge in [-0.15, -0.1) is 0 Å². The van der Waals surface area contributed by atoms with E-state index in [1.807, 2.05) is 6.07 Å². The van der Waals surface area contributed by atoms with Crippen LogP contribution < -0.4 is 5.32 Å². The number of methoxy groups -OCH3 is 1. The summed E-state index contributed by atoms with van der Waals surface area (Å²) in [5.41, 5.74) is 0.692. The fourth-order valence-corrected chi connectivity index (χ4v) is 1.61. The molecule has 98 valence electrons. The Kier molecular flexibility index (Phi) is 5.32. The van der Waals surface area contributed by atoms with Crippen molar-refractivity contribution < 1.29 is 19.4 Å². The Morgan fingerprint density at radius 1 is 1.33 bits per heavy atom. The number of rotatable bonds is 6. The van der Waals surface area contributed by atoms with Gasteiger partial charge in [0.05, 0.1) is 0 Å². The third kappa shape index (κ3) is 3.56. The maximum atomic E-state index is 11.9. The van der Waals surface area contributed by atoms with Crippen LogP contribution in [0.5, 0.6) is 0 Å². The zero-order valence-corrected chi connectivity index (χ0v) is 10.4. The zero-order chi connectivity index (χ0) is 13.5. The molecule has 1 amide bonds. The minimum absolute atomic E-state index is 0.326. The van der Waals surface area contributed by atoms with Crippen molar-refractivity contribution in [3.05, 3.63) is 35.9 Å². The van der Waals surface area contributed by atoms with Crippen molar-refractivity contribution in [3.63, 3.8) is 0 Å². The largest absolute Gasteiger partial charge is 0.480 e. The highest BCUT2D eigenvalue weighted by Gasteiger charge is 2.24. The van der Waals surface area contributed by atoms with Crippen LogP contribution in [0.3, 0.4) is 0 Å². The molecule has 0 aliphatic carbocycles. The monoisotopic (exact) mass is 251 g/mol. The number of carbonyl (C=O) groups excluding carboxylic acids is 1. The number of hydrogen-bond donors (Lipinski definition) is 2. The van der Waals surface area contributed by atoms with Crippen molar-refractivity contribution >= 4 is 11.9 Å². The number of benzene rings is 1. The number of carbonyl (C=O) groups is 2. The lowest BCUT2D eigenvalue weighted by Gasteiger charge is -2.18. The molecule has 0 spiro atoms. The molecule has 0 radical (unpaired) electrons. The van der Waals surface area contributed by atoms with Crippen molar-refractivity contribution in [3.8, 4) is 0 Å². The van der Waals surface area contributed by atoms with Crippen LogP contribution in [0.2, 0.25) is 0 Å². The average Bonchev–Trinajstić information content (AvgIpc) is 2.37. The lowest BCUT2D eigenvalue weighted by Crippen LogP contribution is -2.43. The molecule has 0 saturated heterocycles. The number of ether oxygens (including phenoxy) is 1. The molecule has 2 N–H and O–H groups in total. The molecule has 0 heterocycles. The predicted octanol–water partition coefficient (Wildman–Crippen LogP) is 1.35. The standard InChI is InChI=1S/C13H17NO4/c1-3-10(13(16)17)14-12(15)11(18-2)9-7-5-4-6-8-9/h4-8,10-11H,3H2,1-2H3,(H,14,15)(H,16,17). The molecule has 1 aromatic carbocycles. The first-order valence-electron chi connectivity index (χ1n) is 5.71. The van der Waals surface area contributed by atoms with Crippen LogP contribution in [0.1, 0.15) is 25.0 Å².